The molecule has 1 aromatic carbocycles. The van der Waals surface area contributed by atoms with Crippen molar-refractivity contribution in [3.63, 3.8) is 0 Å². The van der Waals surface area contributed by atoms with Gasteiger partial charge in [0.05, 0.1) is 10.9 Å². The number of hydrogen-bond acceptors (Lipinski definition) is 6. The van der Waals surface area contributed by atoms with Gasteiger partial charge in [-0.05, 0) is 55.2 Å². The Morgan fingerprint density at radius 3 is 2.54 bits per heavy atom. The van der Waals surface area contributed by atoms with Gasteiger partial charge in [0, 0.05) is 6.04 Å². The minimum Gasteiger partial charge on any atom is -0.335 e. The van der Waals surface area contributed by atoms with E-state index >= 15 is 0 Å². The van der Waals surface area contributed by atoms with Crippen LogP contribution in [0, 0.1) is 13.8 Å². The average Bonchev–Trinajstić information content (AvgIpc) is 3.10. The molecule has 1 aliphatic rings. The molecular formula is C19H26N6O2S. The molecule has 1 heterocycles. The highest BCUT2D eigenvalue weighted by Crippen LogP contribution is 2.26. The van der Waals surface area contributed by atoms with Crippen LogP contribution in [0.2, 0.25) is 0 Å². The first-order valence-electron chi connectivity index (χ1n) is 9.58. The van der Waals surface area contributed by atoms with Crippen LogP contribution in [0.1, 0.15) is 50.2 Å². The van der Waals surface area contributed by atoms with E-state index in [0.717, 1.165) is 42.5 Å². The molecule has 0 saturated heterocycles. The molecule has 0 radical (unpaired) electrons. The van der Waals surface area contributed by atoms with Gasteiger partial charge in [-0.15, -0.1) is 5.10 Å². The maximum absolute atomic E-state index is 12.4. The quantitative estimate of drug-likeness (QED) is 0.746. The summed E-state index contributed by atoms with van der Waals surface area (Å²) in [5.41, 5.74) is 2.98. The molecule has 28 heavy (non-hydrogen) atoms. The smallest absolute Gasteiger partial charge is 0.321 e. The van der Waals surface area contributed by atoms with Crippen molar-refractivity contribution in [3.05, 3.63) is 29.3 Å². The van der Waals surface area contributed by atoms with Gasteiger partial charge in [0.25, 0.3) is 0 Å². The number of imide groups is 1. The standard InChI is InChI=1S/C19H26N6O2S/c1-12-8-7-9-13(2)16(12)25-19(22-23-24-25)28-14(3)17(26)21-18(27)20-15-10-5-4-6-11-15/h7-9,14-15H,4-6,10-11H2,1-3H3,(H2,20,21,26,27). The minimum atomic E-state index is -0.522. The lowest BCUT2D eigenvalue weighted by Gasteiger charge is -2.23. The largest absolute Gasteiger partial charge is 0.335 e. The van der Waals surface area contributed by atoms with E-state index < -0.39 is 11.3 Å². The Balaban J connectivity index is 1.62. The van der Waals surface area contributed by atoms with Gasteiger partial charge in [-0.3, -0.25) is 10.1 Å². The number of amides is 3. The molecule has 3 rings (SSSR count). The second-order valence-corrected chi connectivity index (χ2v) is 8.48. The number of rotatable bonds is 5. The van der Waals surface area contributed by atoms with Crippen LogP contribution in [0.4, 0.5) is 4.79 Å². The van der Waals surface area contributed by atoms with Crippen molar-refractivity contribution >= 4 is 23.7 Å². The third-order valence-electron chi connectivity index (χ3n) is 4.92. The zero-order valence-corrected chi connectivity index (χ0v) is 17.3. The Bertz CT molecular complexity index is 826. The lowest BCUT2D eigenvalue weighted by molar-refractivity contribution is -0.119. The average molecular weight is 403 g/mol. The number of tetrazole rings is 1. The first-order valence-corrected chi connectivity index (χ1v) is 10.5. The van der Waals surface area contributed by atoms with Crippen LogP contribution < -0.4 is 10.6 Å². The number of urea groups is 1. The highest BCUT2D eigenvalue weighted by Gasteiger charge is 2.23. The molecule has 0 bridgehead atoms. The van der Waals surface area contributed by atoms with Crippen molar-refractivity contribution < 1.29 is 9.59 Å². The predicted octanol–water partition coefficient (Wildman–Crippen LogP) is 2.92. The molecule has 1 fully saturated rings. The van der Waals surface area contributed by atoms with Gasteiger partial charge in [-0.25, -0.2) is 4.79 Å². The molecule has 2 aromatic rings. The monoisotopic (exact) mass is 402 g/mol. The molecule has 8 nitrogen and oxygen atoms in total. The second kappa shape index (κ2) is 9.18. The number of benzene rings is 1. The predicted molar refractivity (Wildman–Crippen MR) is 107 cm³/mol. The maximum Gasteiger partial charge on any atom is 0.321 e. The fourth-order valence-corrected chi connectivity index (χ4v) is 4.22. The second-order valence-electron chi connectivity index (χ2n) is 7.17. The molecule has 150 valence electrons. The Labute approximate surface area is 168 Å². The number of carbonyl (C=O) groups is 2. The molecule has 3 amide bonds. The molecule has 1 unspecified atom stereocenters. The molecule has 0 spiro atoms. The maximum atomic E-state index is 12.4. The van der Waals surface area contributed by atoms with Crippen LogP contribution in [0.25, 0.3) is 5.69 Å². The van der Waals surface area contributed by atoms with E-state index in [9.17, 15) is 9.59 Å². The summed E-state index contributed by atoms with van der Waals surface area (Å²) < 4.78 is 1.64. The summed E-state index contributed by atoms with van der Waals surface area (Å²) in [6.45, 7) is 5.71. The molecule has 9 heteroatoms. The summed E-state index contributed by atoms with van der Waals surface area (Å²) in [6, 6.07) is 5.68. The molecule has 0 aliphatic heterocycles. The number of aromatic nitrogens is 4. The Morgan fingerprint density at radius 1 is 1.18 bits per heavy atom. The zero-order valence-electron chi connectivity index (χ0n) is 16.4. The number of hydrogen-bond donors (Lipinski definition) is 2. The molecule has 1 aliphatic carbocycles. The third-order valence-corrected chi connectivity index (χ3v) is 5.95. The number of para-hydroxylation sites is 1. The van der Waals surface area contributed by atoms with Crippen molar-refractivity contribution in [2.45, 2.75) is 69.3 Å². The van der Waals surface area contributed by atoms with Crippen molar-refractivity contribution in [1.82, 2.24) is 30.8 Å². The van der Waals surface area contributed by atoms with Crippen LogP contribution in [0.5, 0.6) is 0 Å². The lowest BCUT2D eigenvalue weighted by atomic mass is 9.96. The molecular weight excluding hydrogens is 376 g/mol. The fraction of sp³-hybridized carbons (Fsp3) is 0.526. The highest BCUT2D eigenvalue weighted by atomic mass is 32.2. The van der Waals surface area contributed by atoms with Gasteiger partial charge in [0.2, 0.25) is 11.1 Å². The number of aryl methyl sites for hydroxylation is 2. The van der Waals surface area contributed by atoms with Crippen LogP contribution in [-0.2, 0) is 4.79 Å². The molecule has 1 aromatic heterocycles. The van der Waals surface area contributed by atoms with E-state index in [-0.39, 0.29) is 11.9 Å². The van der Waals surface area contributed by atoms with E-state index in [0.29, 0.717) is 5.16 Å². The SMILES string of the molecule is Cc1cccc(C)c1-n1nnnc1SC(C)C(=O)NC(=O)NC1CCCCC1. The van der Waals surface area contributed by atoms with E-state index in [1.165, 1.54) is 18.2 Å². The molecule has 1 atom stereocenters. The lowest BCUT2D eigenvalue weighted by Crippen LogP contribution is -2.47. The zero-order chi connectivity index (χ0) is 20.1. The Hall–Kier alpha value is -2.42. The van der Waals surface area contributed by atoms with Crippen LogP contribution in [-0.4, -0.2) is 43.4 Å². The highest BCUT2D eigenvalue weighted by molar-refractivity contribution is 8.00. The summed E-state index contributed by atoms with van der Waals surface area (Å²) in [5.74, 6) is -0.366. The van der Waals surface area contributed by atoms with Gasteiger partial charge < -0.3 is 5.32 Å². The van der Waals surface area contributed by atoms with Gasteiger partial charge in [-0.2, -0.15) is 4.68 Å². The summed E-state index contributed by atoms with van der Waals surface area (Å²) in [6.07, 6.45) is 5.38. The topological polar surface area (TPSA) is 102 Å². The van der Waals surface area contributed by atoms with Crippen LogP contribution >= 0.6 is 11.8 Å². The van der Waals surface area contributed by atoms with Gasteiger partial charge in [0.15, 0.2) is 0 Å². The van der Waals surface area contributed by atoms with Crippen molar-refractivity contribution in [1.29, 1.82) is 0 Å². The van der Waals surface area contributed by atoms with Crippen LogP contribution in [0.3, 0.4) is 0 Å². The van der Waals surface area contributed by atoms with Gasteiger partial charge in [-0.1, -0.05) is 49.2 Å². The molecule has 2 N–H and O–H groups in total. The molecule has 1 saturated carbocycles. The summed E-state index contributed by atoms with van der Waals surface area (Å²) >= 11 is 1.22. The minimum absolute atomic E-state index is 0.154. The number of thioether (sulfide) groups is 1. The van der Waals surface area contributed by atoms with Crippen molar-refractivity contribution in [3.8, 4) is 5.69 Å². The summed E-state index contributed by atoms with van der Waals surface area (Å²) in [7, 11) is 0. The van der Waals surface area contributed by atoms with E-state index in [2.05, 4.69) is 26.2 Å². The number of nitrogens with one attached hydrogen (secondary N) is 2. The van der Waals surface area contributed by atoms with Gasteiger partial charge in [0.1, 0.15) is 0 Å². The van der Waals surface area contributed by atoms with Gasteiger partial charge >= 0.3 is 6.03 Å². The summed E-state index contributed by atoms with van der Waals surface area (Å²) in [4.78, 5) is 24.5. The normalized spacial score (nSPS) is 15.8. The van der Waals surface area contributed by atoms with Crippen LogP contribution in [0.15, 0.2) is 23.4 Å². The third kappa shape index (κ3) is 4.89. The fourth-order valence-electron chi connectivity index (χ4n) is 3.43. The first kappa shape index (κ1) is 20.3. The first-order chi connectivity index (χ1) is 13.5. The Morgan fingerprint density at radius 2 is 1.86 bits per heavy atom. The Kier molecular flexibility index (Phi) is 6.66. The van der Waals surface area contributed by atoms with Crippen molar-refractivity contribution in [2.75, 3.05) is 0 Å². The van der Waals surface area contributed by atoms with Crippen molar-refractivity contribution in [2.24, 2.45) is 0 Å². The van der Waals surface area contributed by atoms with E-state index in [1.54, 1.807) is 11.6 Å². The summed E-state index contributed by atoms with van der Waals surface area (Å²) in [5, 5.41) is 17.2. The van der Waals surface area contributed by atoms with E-state index in [4.69, 9.17) is 0 Å². The van der Waals surface area contributed by atoms with E-state index in [1.807, 2.05) is 32.0 Å². The number of carbonyl (C=O) groups excluding carboxylic acids is 2. The number of nitrogens with zero attached hydrogens (tertiary/aromatic N) is 4.